The minimum absolute atomic E-state index is 0.0803. The van der Waals surface area contributed by atoms with Crippen LogP contribution in [0.3, 0.4) is 0 Å². The third-order valence-corrected chi connectivity index (χ3v) is 4.06. The molecule has 1 fully saturated rings. The molecule has 1 rings (SSSR count). The van der Waals surface area contributed by atoms with Crippen LogP contribution in [0.5, 0.6) is 0 Å². The average Bonchev–Trinajstić information content (AvgIpc) is 2.49. The molecule has 0 aromatic heterocycles. The van der Waals surface area contributed by atoms with Crippen molar-refractivity contribution in [2.45, 2.75) is 51.6 Å². The Morgan fingerprint density at radius 1 is 1.46 bits per heavy atom. The summed E-state index contributed by atoms with van der Waals surface area (Å²) in [5.41, 5.74) is 0.0803. The molecule has 0 N–H and O–H groups in total. The highest BCUT2D eigenvalue weighted by molar-refractivity contribution is 8.22. The average molecular weight is 218 g/mol. The molecule has 0 aromatic carbocycles. The number of hydrogen-bond donors (Lipinski definition) is 0. The summed E-state index contributed by atoms with van der Waals surface area (Å²) in [7, 11) is 0. The standard InChI is InChI=1S/C10H18OS2/c1-3-5-6-7-10(4-2)8-13-9(12)11-10/h3-8H2,1-2H3. The lowest BCUT2D eigenvalue weighted by molar-refractivity contribution is 0.0810. The molecule has 0 amide bonds. The zero-order chi connectivity index (χ0) is 9.73. The van der Waals surface area contributed by atoms with Crippen LogP contribution in [0.4, 0.5) is 0 Å². The fraction of sp³-hybridized carbons (Fsp3) is 0.900. The summed E-state index contributed by atoms with van der Waals surface area (Å²) in [6.07, 6.45) is 6.11. The lowest BCUT2D eigenvalue weighted by Crippen LogP contribution is -2.30. The molecule has 0 saturated carbocycles. The van der Waals surface area contributed by atoms with Gasteiger partial charge in [0.05, 0.1) is 0 Å². The summed E-state index contributed by atoms with van der Waals surface area (Å²) in [6.45, 7) is 4.42. The van der Waals surface area contributed by atoms with Gasteiger partial charge in [-0.15, -0.1) is 0 Å². The Kier molecular flexibility index (Phi) is 4.53. The number of thioether (sulfide) groups is 1. The molecule has 0 bridgehead atoms. The van der Waals surface area contributed by atoms with Crippen molar-refractivity contribution >= 4 is 28.4 Å². The maximum absolute atomic E-state index is 5.74. The SMILES string of the molecule is CCCCCC1(CC)CSC(=S)O1. The van der Waals surface area contributed by atoms with E-state index in [2.05, 4.69) is 13.8 Å². The maximum Gasteiger partial charge on any atom is 0.220 e. The fourth-order valence-electron chi connectivity index (χ4n) is 1.60. The molecule has 1 saturated heterocycles. The Morgan fingerprint density at radius 3 is 2.69 bits per heavy atom. The molecule has 1 atom stereocenters. The van der Waals surface area contributed by atoms with Gasteiger partial charge in [0.1, 0.15) is 5.60 Å². The van der Waals surface area contributed by atoms with E-state index < -0.39 is 0 Å². The third kappa shape index (κ3) is 3.13. The summed E-state index contributed by atoms with van der Waals surface area (Å²) in [4.78, 5) is 0. The normalized spacial score (nSPS) is 27.7. The molecular weight excluding hydrogens is 200 g/mol. The highest BCUT2D eigenvalue weighted by Gasteiger charge is 2.36. The predicted octanol–water partition coefficient (Wildman–Crippen LogP) is 3.76. The van der Waals surface area contributed by atoms with Gasteiger partial charge in [0, 0.05) is 5.75 Å². The van der Waals surface area contributed by atoms with E-state index in [0.717, 1.165) is 16.6 Å². The van der Waals surface area contributed by atoms with Gasteiger partial charge in [-0.25, -0.2) is 0 Å². The van der Waals surface area contributed by atoms with Crippen LogP contribution in [-0.4, -0.2) is 15.7 Å². The molecule has 0 aliphatic carbocycles. The first kappa shape index (κ1) is 11.3. The molecule has 3 heteroatoms. The van der Waals surface area contributed by atoms with E-state index in [1.54, 1.807) is 11.8 Å². The first-order valence-corrected chi connectivity index (χ1v) is 6.47. The van der Waals surface area contributed by atoms with Crippen LogP contribution in [-0.2, 0) is 4.74 Å². The van der Waals surface area contributed by atoms with Crippen LogP contribution in [0.15, 0.2) is 0 Å². The van der Waals surface area contributed by atoms with E-state index in [-0.39, 0.29) is 5.60 Å². The highest BCUT2D eigenvalue weighted by atomic mass is 32.2. The predicted molar refractivity (Wildman–Crippen MR) is 63.3 cm³/mol. The van der Waals surface area contributed by atoms with Gasteiger partial charge < -0.3 is 4.74 Å². The van der Waals surface area contributed by atoms with Crippen molar-refractivity contribution in [1.82, 2.24) is 0 Å². The number of hydrogen-bond acceptors (Lipinski definition) is 3. The molecule has 0 aromatic rings. The van der Waals surface area contributed by atoms with Gasteiger partial charge in [0.2, 0.25) is 4.38 Å². The molecule has 1 nitrogen and oxygen atoms in total. The van der Waals surface area contributed by atoms with Gasteiger partial charge in [-0.3, -0.25) is 0 Å². The Morgan fingerprint density at radius 2 is 2.23 bits per heavy atom. The lowest BCUT2D eigenvalue weighted by atomic mass is 9.95. The van der Waals surface area contributed by atoms with E-state index >= 15 is 0 Å². The zero-order valence-corrected chi connectivity index (χ0v) is 10.1. The molecular formula is C10H18OS2. The highest BCUT2D eigenvalue weighted by Crippen LogP contribution is 2.36. The Bertz CT molecular complexity index is 182. The molecule has 1 unspecified atom stereocenters. The van der Waals surface area contributed by atoms with Crippen LogP contribution in [0, 0.1) is 0 Å². The van der Waals surface area contributed by atoms with Crippen molar-refractivity contribution in [3.63, 3.8) is 0 Å². The summed E-state index contributed by atoms with van der Waals surface area (Å²) in [6, 6.07) is 0. The minimum atomic E-state index is 0.0803. The van der Waals surface area contributed by atoms with E-state index in [4.69, 9.17) is 17.0 Å². The molecule has 13 heavy (non-hydrogen) atoms. The maximum atomic E-state index is 5.74. The first-order valence-electron chi connectivity index (χ1n) is 5.08. The fourth-order valence-corrected chi connectivity index (χ4v) is 2.98. The summed E-state index contributed by atoms with van der Waals surface area (Å²) in [5, 5.41) is 0. The molecule has 1 heterocycles. The second-order valence-corrected chi connectivity index (χ2v) is 5.21. The summed E-state index contributed by atoms with van der Waals surface area (Å²) >= 11 is 6.75. The van der Waals surface area contributed by atoms with Gasteiger partial charge in [0.25, 0.3) is 0 Å². The summed E-state index contributed by atoms with van der Waals surface area (Å²) in [5.74, 6) is 1.06. The molecule has 0 spiro atoms. The van der Waals surface area contributed by atoms with Gasteiger partial charge in [-0.2, -0.15) is 0 Å². The quantitative estimate of drug-likeness (QED) is 0.513. The van der Waals surface area contributed by atoms with Crippen molar-refractivity contribution < 1.29 is 4.74 Å². The largest absolute Gasteiger partial charge is 0.471 e. The van der Waals surface area contributed by atoms with Crippen LogP contribution >= 0.6 is 24.0 Å². The molecule has 1 aliphatic rings. The van der Waals surface area contributed by atoms with Crippen molar-refractivity contribution in [1.29, 1.82) is 0 Å². The smallest absolute Gasteiger partial charge is 0.220 e. The monoisotopic (exact) mass is 218 g/mol. The van der Waals surface area contributed by atoms with Crippen molar-refractivity contribution in [2.24, 2.45) is 0 Å². The van der Waals surface area contributed by atoms with Crippen molar-refractivity contribution in [2.75, 3.05) is 5.75 Å². The topological polar surface area (TPSA) is 9.23 Å². The second kappa shape index (κ2) is 5.20. The van der Waals surface area contributed by atoms with Crippen molar-refractivity contribution in [3.8, 4) is 0 Å². The minimum Gasteiger partial charge on any atom is -0.471 e. The van der Waals surface area contributed by atoms with E-state index in [9.17, 15) is 0 Å². The Hall–Kier alpha value is 0.240. The Balaban J connectivity index is 2.37. The van der Waals surface area contributed by atoms with Gasteiger partial charge in [-0.05, 0) is 31.5 Å². The van der Waals surface area contributed by atoms with Crippen molar-refractivity contribution in [3.05, 3.63) is 0 Å². The third-order valence-electron chi connectivity index (χ3n) is 2.63. The van der Waals surface area contributed by atoms with Crippen LogP contribution in [0.2, 0.25) is 0 Å². The van der Waals surface area contributed by atoms with E-state index in [1.165, 1.54) is 25.7 Å². The number of rotatable bonds is 5. The zero-order valence-electron chi connectivity index (χ0n) is 8.47. The number of unbranched alkanes of at least 4 members (excludes halogenated alkanes) is 2. The lowest BCUT2D eigenvalue weighted by Gasteiger charge is -2.25. The molecule has 1 aliphatic heterocycles. The second-order valence-electron chi connectivity index (χ2n) is 3.63. The van der Waals surface area contributed by atoms with E-state index in [1.807, 2.05) is 0 Å². The van der Waals surface area contributed by atoms with Gasteiger partial charge in [0.15, 0.2) is 0 Å². The number of ether oxygens (including phenoxy) is 1. The van der Waals surface area contributed by atoms with Crippen LogP contribution < -0.4 is 0 Å². The van der Waals surface area contributed by atoms with Crippen LogP contribution in [0.1, 0.15) is 46.0 Å². The van der Waals surface area contributed by atoms with E-state index in [0.29, 0.717) is 0 Å². The molecule has 76 valence electrons. The summed E-state index contributed by atoms with van der Waals surface area (Å²) < 4.78 is 6.49. The Labute approximate surface area is 90.6 Å². The van der Waals surface area contributed by atoms with Gasteiger partial charge >= 0.3 is 0 Å². The van der Waals surface area contributed by atoms with Gasteiger partial charge in [-0.1, -0.05) is 38.5 Å². The first-order chi connectivity index (χ1) is 6.22. The number of thiocarbonyl (C=S) groups is 1. The molecule has 0 radical (unpaired) electrons. The van der Waals surface area contributed by atoms with Crippen LogP contribution in [0.25, 0.3) is 0 Å².